The van der Waals surface area contributed by atoms with Gasteiger partial charge in [-0.1, -0.05) is 29.8 Å². The summed E-state index contributed by atoms with van der Waals surface area (Å²) in [5.74, 6) is -0.131. The second-order valence-electron chi connectivity index (χ2n) is 4.80. The van der Waals surface area contributed by atoms with Crippen molar-refractivity contribution in [3.63, 3.8) is 0 Å². The Kier molecular flexibility index (Phi) is 3.62. The predicted molar refractivity (Wildman–Crippen MR) is 83.3 cm³/mol. The van der Waals surface area contributed by atoms with Crippen molar-refractivity contribution >= 4 is 28.5 Å². The number of aryl methyl sites for hydroxylation is 1. The van der Waals surface area contributed by atoms with Gasteiger partial charge in [0.1, 0.15) is 5.65 Å². The molecule has 0 spiro atoms. The molecule has 2 aromatic heterocycles. The van der Waals surface area contributed by atoms with Crippen LogP contribution in [0.25, 0.3) is 11.0 Å². The van der Waals surface area contributed by atoms with Crippen LogP contribution < -0.4 is 5.32 Å². The van der Waals surface area contributed by atoms with Gasteiger partial charge in [0, 0.05) is 36.4 Å². The number of rotatable bonds is 3. The fourth-order valence-corrected chi connectivity index (χ4v) is 2.51. The summed E-state index contributed by atoms with van der Waals surface area (Å²) in [6.07, 6.45) is 3.51. The molecule has 0 saturated carbocycles. The van der Waals surface area contributed by atoms with Gasteiger partial charge in [0.2, 0.25) is 0 Å². The van der Waals surface area contributed by atoms with Gasteiger partial charge in [-0.05, 0) is 23.8 Å². The Morgan fingerprint density at radius 1 is 1.29 bits per heavy atom. The first kappa shape index (κ1) is 13.6. The number of amides is 1. The quantitative estimate of drug-likeness (QED) is 0.807. The van der Waals surface area contributed by atoms with E-state index in [0.29, 0.717) is 17.1 Å². The topological polar surface area (TPSA) is 46.9 Å². The minimum atomic E-state index is -0.131. The van der Waals surface area contributed by atoms with Crippen LogP contribution in [0.4, 0.5) is 0 Å². The normalized spacial score (nSPS) is 10.8. The number of hydrogen-bond acceptors (Lipinski definition) is 2. The van der Waals surface area contributed by atoms with E-state index in [-0.39, 0.29) is 5.91 Å². The third-order valence-electron chi connectivity index (χ3n) is 3.38. The third-order valence-corrected chi connectivity index (χ3v) is 3.74. The van der Waals surface area contributed by atoms with E-state index in [1.165, 1.54) is 0 Å². The molecule has 3 rings (SSSR count). The summed E-state index contributed by atoms with van der Waals surface area (Å²) in [5, 5.41) is 4.39. The standard InChI is InChI=1S/C16H14ClN3O/c1-20-10-13(12-6-4-8-18-15(12)20)16(21)19-9-11-5-2-3-7-14(11)17/h2-8,10H,9H2,1H3,(H,19,21). The van der Waals surface area contributed by atoms with Crippen LogP contribution in [0.3, 0.4) is 0 Å². The highest BCUT2D eigenvalue weighted by Crippen LogP contribution is 2.19. The summed E-state index contributed by atoms with van der Waals surface area (Å²) in [7, 11) is 1.88. The third kappa shape index (κ3) is 2.62. The van der Waals surface area contributed by atoms with Crippen LogP contribution in [-0.2, 0) is 13.6 Å². The first-order valence-electron chi connectivity index (χ1n) is 6.58. The lowest BCUT2D eigenvalue weighted by atomic mass is 10.2. The molecule has 0 atom stereocenters. The molecule has 1 amide bonds. The molecule has 0 bridgehead atoms. The maximum absolute atomic E-state index is 12.4. The average molecular weight is 300 g/mol. The van der Waals surface area contributed by atoms with Gasteiger partial charge < -0.3 is 9.88 Å². The zero-order valence-corrected chi connectivity index (χ0v) is 12.3. The number of aromatic nitrogens is 2. The molecule has 1 aromatic carbocycles. The smallest absolute Gasteiger partial charge is 0.253 e. The zero-order chi connectivity index (χ0) is 14.8. The van der Waals surface area contributed by atoms with Gasteiger partial charge in [-0.2, -0.15) is 0 Å². The summed E-state index contributed by atoms with van der Waals surface area (Å²) in [6.45, 7) is 0.398. The number of nitrogens with zero attached hydrogens (tertiary/aromatic N) is 2. The molecule has 0 unspecified atom stereocenters. The van der Waals surface area contributed by atoms with E-state index in [1.807, 2.05) is 48.0 Å². The SMILES string of the molecule is Cn1cc(C(=O)NCc2ccccc2Cl)c2cccnc21. The van der Waals surface area contributed by atoms with Crippen molar-refractivity contribution in [2.45, 2.75) is 6.54 Å². The van der Waals surface area contributed by atoms with Crippen molar-refractivity contribution in [3.05, 3.63) is 64.9 Å². The van der Waals surface area contributed by atoms with Crippen molar-refractivity contribution in [2.24, 2.45) is 7.05 Å². The molecule has 0 aliphatic carbocycles. The molecule has 0 saturated heterocycles. The summed E-state index contributed by atoms with van der Waals surface area (Å²) >= 11 is 6.09. The minimum Gasteiger partial charge on any atom is -0.348 e. The molecule has 4 nitrogen and oxygen atoms in total. The van der Waals surface area contributed by atoms with E-state index in [1.54, 1.807) is 12.4 Å². The number of carbonyl (C=O) groups excluding carboxylic acids is 1. The monoisotopic (exact) mass is 299 g/mol. The van der Waals surface area contributed by atoms with Crippen LogP contribution in [0.2, 0.25) is 5.02 Å². The van der Waals surface area contributed by atoms with Crippen LogP contribution in [0.15, 0.2) is 48.8 Å². The Morgan fingerprint density at radius 2 is 2.10 bits per heavy atom. The van der Waals surface area contributed by atoms with Gasteiger partial charge in [0.05, 0.1) is 5.56 Å². The van der Waals surface area contributed by atoms with Crippen molar-refractivity contribution in [3.8, 4) is 0 Å². The predicted octanol–water partition coefficient (Wildman–Crippen LogP) is 3.16. The fraction of sp³-hybridized carbons (Fsp3) is 0.125. The van der Waals surface area contributed by atoms with Gasteiger partial charge in [0.15, 0.2) is 0 Å². The van der Waals surface area contributed by atoms with Crippen molar-refractivity contribution < 1.29 is 4.79 Å². The van der Waals surface area contributed by atoms with Crippen LogP contribution in [0, 0.1) is 0 Å². The van der Waals surface area contributed by atoms with Gasteiger partial charge in [-0.25, -0.2) is 4.98 Å². The molecule has 106 valence electrons. The molecule has 3 aromatic rings. The second-order valence-corrected chi connectivity index (χ2v) is 5.21. The summed E-state index contributed by atoms with van der Waals surface area (Å²) in [4.78, 5) is 16.6. The molecule has 0 fully saturated rings. The van der Waals surface area contributed by atoms with E-state index < -0.39 is 0 Å². The molecule has 2 heterocycles. The van der Waals surface area contributed by atoms with Crippen molar-refractivity contribution in [2.75, 3.05) is 0 Å². The average Bonchev–Trinajstić information content (AvgIpc) is 2.84. The number of carbonyl (C=O) groups is 1. The number of hydrogen-bond donors (Lipinski definition) is 1. The highest BCUT2D eigenvalue weighted by atomic mass is 35.5. The molecule has 21 heavy (non-hydrogen) atoms. The molecule has 1 N–H and O–H groups in total. The maximum atomic E-state index is 12.4. The first-order chi connectivity index (χ1) is 10.2. The Balaban J connectivity index is 1.83. The van der Waals surface area contributed by atoms with Gasteiger partial charge in [-0.15, -0.1) is 0 Å². The molecule has 0 aliphatic rings. The van der Waals surface area contributed by atoms with Crippen molar-refractivity contribution in [1.82, 2.24) is 14.9 Å². The number of benzene rings is 1. The number of fused-ring (bicyclic) bond motifs is 1. The fourth-order valence-electron chi connectivity index (χ4n) is 2.31. The minimum absolute atomic E-state index is 0.131. The molecular formula is C16H14ClN3O. The Labute approximate surface area is 127 Å². The number of halogens is 1. The van der Waals surface area contributed by atoms with Crippen LogP contribution in [0.1, 0.15) is 15.9 Å². The van der Waals surface area contributed by atoms with Crippen LogP contribution in [-0.4, -0.2) is 15.5 Å². The van der Waals surface area contributed by atoms with E-state index in [2.05, 4.69) is 10.3 Å². The first-order valence-corrected chi connectivity index (χ1v) is 6.96. The van der Waals surface area contributed by atoms with E-state index in [4.69, 9.17) is 11.6 Å². The van der Waals surface area contributed by atoms with Crippen LogP contribution >= 0.6 is 11.6 Å². The number of nitrogens with one attached hydrogen (secondary N) is 1. The summed E-state index contributed by atoms with van der Waals surface area (Å²) in [6, 6.07) is 11.2. The van der Waals surface area contributed by atoms with E-state index >= 15 is 0 Å². The highest BCUT2D eigenvalue weighted by Gasteiger charge is 2.14. The highest BCUT2D eigenvalue weighted by molar-refractivity contribution is 6.31. The second kappa shape index (κ2) is 5.58. The van der Waals surface area contributed by atoms with Gasteiger partial charge in [0.25, 0.3) is 5.91 Å². The summed E-state index contributed by atoms with van der Waals surface area (Å²) in [5.41, 5.74) is 2.30. The lowest BCUT2D eigenvalue weighted by Gasteiger charge is -2.06. The Morgan fingerprint density at radius 3 is 2.90 bits per heavy atom. The lowest BCUT2D eigenvalue weighted by Crippen LogP contribution is -2.22. The molecular weight excluding hydrogens is 286 g/mol. The zero-order valence-electron chi connectivity index (χ0n) is 11.5. The Bertz CT molecular complexity index is 810. The molecule has 0 aliphatic heterocycles. The number of pyridine rings is 1. The van der Waals surface area contributed by atoms with Gasteiger partial charge >= 0.3 is 0 Å². The Hall–Kier alpha value is -2.33. The van der Waals surface area contributed by atoms with E-state index in [0.717, 1.165) is 16.6 Å². The van der Waals surface area contributed by atoms with Crippen LogP contribution in [0.5, 0.6) is 0 Å². The largest absolute Gasteiger partial charge is 0.348 e. The van der Waals surface area contributed by atoms with Gasteiger partial charge in [-0.3, -0.25) is 4.79 Å². The molecule has 5 heteroatoms. The lowest BCUT2D eigenvalue weighted by molar-refractivity contribution is 0.0952. The summed E-state index contributed by atoms with van der Waals surface area (Å²) < 4.78 is 1.85. The van der Waals surface area contributed by atoms with E-state index in [9.17, 15) is 4.79 Å². The molecule has 0 radical (unpaired) electrons. The van der Waals surface area contributed by atoms with Crippen molar-refractivity contribution in [1.29, 1.82) is 0 Å². The maximum Gasteiger partial charge on any atom is 0.253 e.